The van der Waals surface area contributed by atoms with Crippen LogP contribution in [0.15, 0.2) is 152 Å². The summed E-state index contributed by atoms with van der Waals surface area (Å²) in [6.45, 7) is 17.1. The second-order valence-electron chi connectivity index (χ2n) is 26.6. The lowest BCUT2D eigenvalue weighted by molar-refractivity contribution is 0.0495. The summed E-state index contributed by atoms with van der Waals surface area (Å²) in [6.07, 6.45) is 4.42. The standard InChI is InChI=1S/C27H24FN7O.C27H30FN3O3.C23H23FN2O4/c1-15(34-26-20(12-29)25(30)32-14-33-26)24-22(17-5-3-2-4-6-17)23(27(36)31-13-16-7-8-16)19-11-18(28)9-10-21(19)35-24;1-16(30-26(33)34-27(2,3)4)24-22(18-8-6-5-7-9-18)23(25(32)29-15-17-10-11-17)20-14-19(28)12-13-21(20)31-24;1-13(25-22(29)30-23(2,3)4)20-18(14-8-6-5-7-9-14)19(21(27)28)16-12-15(24)10-11-17(16)26-20/h2-6,9-11,14-16H,7-8,13H2,1H3,(H,31,36)(H3,30,32,33,34);5-9,12-14,16-17H,10-11,15H2,1-4H3,(H,29,32)(H,30,33);5-13H,1-4H3,(H,25,29)(H,27,28). The van der Waals surface area contributed by atoms with Crippen LogP contribution in [0.3, 0.4) is 0 Å². The Morgan fingerprint density at radius 2 is 0.890 bits per heavy atom. The van der Waals surface area contributed by atoms with Crippen LogP contribution < -0.4 is 32.3 Å². The van der Waals surface area contributed by atoms with E-state index in [0.717, 1.165) is 42.9 Å². The fourth-order valence-corrected chi connectivity index (χ4v) is 11.4. The Kier molecular flexibility index (Phi) is 21.7. The molecule has 2 fully saturated rings. The zero-order chi connectivity index (χ0) is 71.7. The molecule has 100 heavy (non-hydrogen) atoms. The van der Waals surface area contributed by atoms with Gasteiger partial charge in [-0.25, -0.2) is 52.5 Å². The van der Waals surface area contributed by atoms with E-state index < -0.39 is 64.9 Å². The molecule has 23 heteroatoms. The Labute approximate surface area is 576 Å². The number of nitrogen functional groups attached to an aromatic ring is 1. The molecule has 2 saturated carbocycles. The third-order valence-electron chi connectivity index (χ3n) is 16.3. The van der Waals surface area contributed by atoms with Crippen LogP contribution in [-0.2, 0) is 9.47 Å². The highest BCUT2D eigenvalue weighted by molar-refractivity contribution is 6.14. The summed E-state index contributed by atoms with van der Waals surface area (Å²) in [4.78, 5) is 86.4. The van der Waals surface area contributed by atoms with Crippen LogP contribution in [0.5, 0.6) is 0 Å². The molecule has 12 rings (SSSR count). The largest absolute Gasteiger partial charge is 0.478 e. The second kappa shape index (κ2) is 30.5. The zero-order valence-electron chi connectivity index (χ0n) is 56.8. The van der Waals surface area contributed by atoms with Crippen molar-refractivity contribution in [2.24, 2.45) is 11.8 Å². The maximum atomic E-state index is 14.4. The first-order valence-corrected chi connectivity index (χ1v) is 32.8. The van der Waals surface area contributed by atoms with E-state index in [1.54, 1.807) is 97.9 Å². The number of nitrogens with two attached hydrogens (primary N) is 1. The predicted molar refractivity (Wildman–Crippen MR) is 377 cm³/mol. The normalized spacial score (nSPS) is 13.6. The van der Waals surface area contributed by atoms with Gasteiger partial charge in [-0.05, 0) is 171 Å². The minimum absolute atomic E-state index is 0.0626. The summed E-state index contributed by atoms with van der Waals surface area (Å²) in [5.41, 5.74) is 11.6. The minimum atomic E-state index is -1.21. The average Bonchev–Trinajstić information content (AvgIpc) is 1.04. The zero-order valence-corrected chi connectivity index (χ0v) is 56.8. The highest BCUT2D eigenvalue weighted by Crippen LogP contribution is 2.41. The van der Waals surface area contributed by atoms with Crippen LogP contribution in [0.1, 0.15) is 160 Å². The Hall–Kier alpha value is -11.5. The molecular formula is C77H77F3N12O8. The number of benzene rings is 6. The number of anilines is 2. The smallest absolute Gasteiger partial charge is 0.408 e. The first kappa shape index (κ1) is 71.2. The van der Waals surface area contributed by atoms with Crippen molar-refractivity contribution < 1.29 is 51.7 Å². The number of rotatable bonds is 17. The quantitative estimate of drug-likeness (QED) is 0.0446. The van der Waals surface area contributed by atoms with E-state index in [9.17, 15) is 47.5 Å². The van der Waals surface area contributed by atoms with Crippen molar-refractivity contribution in [2.45, 2.75) is 117 Å². The van der Waals surface area contributed by atoms with Crippen LogP contribution >= 0.6 is 0 Å². The number of aromatic nitrogens is 5. The van der Waals surface area contributed by atoms with Crippen LogP contribution in [-0.4, -0.2) is 84.3 Å². The first-order chi connectivity index (χ1) is 47.6. The summed E-state index contributed by atoms with van der Waals surface area (Å²) in [5, 5.41) is 35.4. The Morgan fingerprint density at radius 1 is 0.540 bits per heavy atom. The van der Waals surface area contributed by atoms with Gasteiger partial charge in [0.25, 0.3) is 11.8 Å². The highest BCUT2D eigenvalue weighted by atomic mass is 19.1. The van der Waals surface area contributed by atoms with Crippen molar-refractivity contribution in [1.29, 1.82) is 5.26 Å². The van der Waals surface area contributed by atoms with Crippen molar-refractivity contribution >= 4 is 74.3 Å². The Balaban J connectivity index is 0.000000163. The van der Waals surface area contributed by atoms with E-state index in [4.69, 9.17) is 25.2 Å². The van der Waals surface area contributed by atoms with Gasteiger partial charge in [0.1, 0.15) is 58.2 Å². The number of carbonyl (C=O) groups is 5. The number of nitrogens with zero attached hydrogens (tertiary/aromatic N) is 6. The number of carbonyl (C=O) groups excluding carboxylic acids is 4. The van der Waals surface area contributed by atoms with E-state index in [-0.39, 0.29) is 40.0 Å². The van der Waals surface area contributed by atoms with Crippen LogP contribution in [0.2, 0.25) is 0 Å². The van der Waals surface area contributed by atoms with Crippen molar-refractivity contribution in [3.8, 4) is 39.4 Å². The third kappa shape index (κ3) is 17.6. The van der Waals surface area contributed by atoms with Crippen LogP contribution in [0, 0.1) is 40.6 Å². The van der Waals surface area contributed by atoms with Gasteiger partial charge in [0.2, 0.25) is 0 Å². The molecule has 20 nitrogen and oxygen atoms in total. The number of fused-ring (bicyclic) bond motifs is 3. The average molecular weight is 1360 g/mol. The van der Waals surface area contributed by atoms with E-state index in [1.165, 1.54) is 42.7 Å². The fourth-order valence-electron chi connectivity index (χ4n) is 11.4. The summed E-state index contributed by atoms with van der Waals surface area (Å²) < 4.78 is 53.3. The number of alkyl carbamates (subject to hydrolysis) is 2. The van der Waals surface area contributed by atoms with Gasteiger partial charge in [-0.15, -0.1) is 0 Å². The fraction of sp³-hybridized carbons (Fsp3) is 0.286. The molecule has 2 aliphatic rings. The molecular weight excluding hydrogens is 1280 g/mol. The van der Waals surface area contributed by atoms with Crippen molar-refractivity contribution in [3.05, 3.63) is 209 Å². The lowest BCUT2D eigenvalue weighted by Gasteiger charge is -2.24. The molecule has 2 aliphatic carbocycles. The lowest BCUT2D eigenvalue weighted by Crippen LogP contribution is -2.35. The number of hydrogen-bond donors (Lipinski definition) is 7. The number of pyridine rings is 3. The van der Waals surface area contributed by atoms with E-state index in [2.05, 4.69) is 41.5 Å². The number of nitrogens with one attached hydrogen (secondary N) is 5. The third-order valence-corrected chi connectivity index (χ3v) is 16.3. The molecule has 0 spiro atoms. The monoisotopic (exact) mass is 1350 g/mol. The maximum Gasteiger partial charge on any atom is 0.408 e. The summed E-state index contributed by atoms with van der Waals surface area (Å²) >= 11 is 0. The Bertz CT molecular complexity index is 4770. The number of hydrogen-bond acceptors (Lipinski definition) is 15. The predicted octanol–water partition coefficient (Wildman–Crippen LogP) is 15.7. The molecule has 514 valence electrons. The summed E-state index contributed by atoms with van der Waals surface area (Å²) in [5.74, 6) is -1.94. The van der Waals surface area contributed by atoms with Gasteiger partial charge in [0, 0.05) is 45.9 Å². The van der Waals surface area contributed by atoms with E-state index in [0.29, 0.717) is 103 Å². The Morgan fingerprint density at radius 3 is 1.23 bits per heavy atom. The number of carboxylic acids is 1. The SMILES string of the molecule is CC(NC(=O)OC(C)(C)C)c1nc2ccc(F)cc2c(C(=O)NCC2CC2)c1-c1ccccc1.CC(NC(=O)OC(C)(C)C)c1nc2ccc(F)cc2c(C(=O)O)c1-c1ccccc1.CC(Nc1ncnc(N)c1C#N)c1nc2ccc(F)cc2c(C(=O)NCC2CC2)c1-c1ccccc1. The number of nitriles is 1. The first-order valence-electron chi connectivity index (χ1n) is 32.8. The van der Waals surface area contributed by atoms with Gasteiger partial charge < -0.3 is 46.9 Å². The van der Waals surface area contributed by atoms with Crippen molar-refractivity contribution in [1.82, 2.24) is 46.2 Å². The topological polar surface area (TPSA) is 298 Å². The molecule has 3 atom stereocenters. The van der Waals surface area contributed by atoms with Gasteiger partial charge >= 0.3 is 18.2 Å². The molecule has 3 unspecified atom stereocenters. The summed E-state index contributed by atoms with van der Waals surface area (Å²) in [6, 6.07) is 40.2. The number of aromatic carboxylic acids is 1. The van der Waals surface area contributed by atoms with Gasteiger partial charge in [-0.2, -0.15) is 5.26 Å². The molecule has 4 amide bonds. The number of carboxylic acid groups (broad SMARTS) is 1. The van der Waals surface area contributed by atoms with Crippen molar-refractivity contribution in [2.75, 3.05) is 24.1 Å². The summed E-state index contributed by atoms with van der Waals surface area (Å²) in [7, 11) is 0. The molecule has 6 aromatic carbocycles. The van der Waals surface area contributed by atoms with Crippen molar-refractivity contribution in [3.63, 3.8) is 0 Å². The molecule has 0 aliphatic heterocycles. The maximum absolute atomic E-state index is 14.4. The van der Waals surface area contributed by atoms with Gasteiger partial charge in [-0.3, -0.25) is 9.59 Å². The molecule has 0 saturated heterocycles. The molecule has 0 bridgehead atoms. The van der Waals surface area contributed by atoms with Crippen LogP contribution in [0.4, 0.5) is 34.4 Å². The second-order valence-corrected chi connectivity index (χ2v) is 26.6. The van der Waals surface area contributed by atoms with E-state index in [1.807, 2.05) is 73.7 Å². The van der Waals surface area contributed by atoms with Gasteiger partial charge in [0.05, 0.1) is 68.4 Å². The molecule has 8 N–H and O–H groups in total. The highest BCUT2D eigenvalue weighted by Gasteiger charge is 2.32. The molecule has 10 aromatic rings. The molecule has 0 radical (unpaired) electrons. The minimum Gasteiger partial charge on any atom is -0.478 e. The molecule has 4 heterocycles. The van der Waals surface area contributed by atoms with Gasteiger partial charge in [-0.1, -0.05) is 91.0 Å². The van der Waals surface area contributed by atoms with Gasteiger partial charge in [0.15, 0.2) is 0 Å². The van der Waals surface area contributed by atoms with Crippen LogP contribution in [0.25, 0.3) is 66.1 Å². The van der Waals surface area contributed by atoms with E-state index >= 15 is 0 Å². The molecule has 4 aromatic heterocycles. The number of halogens is 3. The number of amides is 4. The lowest BCUT2D eigenvalue weighted by atomic mass is 9.91. The number of ether oxygens (including phenoxy) is 2.